The van der Waals surface area contributed by atoms with Crippen molar-refractivity contribution in [2.45, 2.75) is 45.2 Å². The van der Waals surface area contributed by atoms with Crippen molar-refractivity contribution in [2.75, 3.05) is 33.3 Å². The predicted octanol–water partition coefficient (Wildman–Crippen LogP) is 2.76. The van der Waals surface area contributed by atoms with Crippen molar-refractivity contribution in [3.63, 3.8) is 0 Å². The number of likely N-dealkylation sites (tertiary alicyclic amines) is 1. The number of aliphatic imine (C=N–C) groups is 1. The molecule has 2 aromatic rings. The van der Waals surface area contributed by atoms with E-state index in [1.54, 1.807) is 7.11 Å². The van der Waals surface area contributed by atoms with E-state index >= 15 is 0 Å². The summed E-state index contributed by atoms with van der Waals surface area (Å²) in [5.74, 6) is 3.16. The van der Waals surface area contributed by atoms with Crippen LogP contribution < -0.4 is 15.4 Å². The van der Waals surface area contributed by atoms with Gasteiger partial charge in [-0.15, -0.1) is 34.2 Å². The first kappa shape index (κ1) is 27.2. The van der Waals surface area contributed by atoms with Gasteiger partial charge in [-0.05, 0) is 43.9 Å². The van der Waals surface area contributed by atoms with E-state index < -0.39 is 6.43 Å². The van der Waals surface area contributed by atoms with E-state index in [2.05, 4.69) is 20.8 Å². The van der Waals surface area contributed by atoms with E-state index in [0.29, 0.717) is 32.1 Å². The number of nitrogens with one attached hydrogen (secondary N) is 2. The van der Waals surface area contributed by atoms with Crippen molar-refractivity contribution in [3.8, 4) is 5.75 Å². The predicted molar refractivity (Wildman–Crippen MR) is 136 cm³/mol. The van der Waals surface area contributed by atoms with Gasteiger partial charge in [0, 0.05) is 32.7 Å². The third-order valence-corrected chi connectivity index (χ3v) is 5.75. The van der Waals surface area contributed by atoms with Crippen LogP contribution >= 0.6 is 24.0 Å². The van der Waals surface area contributed by atoms with Gasteiger partial charge in [-0.1, -0.05) is 12.1 Å². The van der Waals surface area contributed by atoms with Crippen LogP contribution in [0.2, 0.25) is 0 Å². The highest BCUT2D eigenvalue weighted by atomic mass is 127. The quantitative estimate of drug-likeness (QED) is 0.271. The van der Waals surface area contributed by atoms with E-state index in [1.807, 2.05) is 47.7 Å². The normalized spacial score (nSPS) is 15.4. The molecule has 1 saturated heterocycles. The molecular formula is C22H34F2IN7O. The monoisotopic (exact) mass is 577 g/mol. The SMILES string of the molecule is COc1ccc(CCNC(=NCc2nnc(C)n2C)NC2CCN(CC(F)F)CC2)cc1.I. The number of hydrogen-bond donors (Lipinski definition) is 2. The fourth-order valence-electron chi connectivity index (χ4n) is 3.66. The van der Waals surface area contributed by atoms with Gasteiger partial charge in [0.05, 0.1) is 13.7 Å². The highest BCUT2D eigenvalue weighted by molar-refractivity contribution is 14.0. The molecule has 1 aromatic heterocycles. The van der Waals surface area contributed by atoms with Gasteiger partial charge in [0.2, 0.25) is 0 Å². The van der Waals surface area contributed by atoms with Crippen LogP contribution in [-0.2, 0) is 20.0 Å². The van der Waals surface area contributed by atoms with Gasteiger partial charge in [0.1, 0.15) is 18.1 Å². The second-order valence-electron chi connectivity index (χ2n) is 8.02. The molecule has 0 aliphatic carbocycles. The van der Waals surface area contributed by atoms with Crippen LogP contribution in [0.5, 0.6) is 5.75 Å². The molecule has 1 aliphatic heterocycles. The minimum absolute atomic E-state index is 0. The first-order chi connectivity index (χ1) is 15.4. The van der Waals surface area contributed by atoms with Gasteiger partial charge in [-0.3, -0.25) is 4.90 Å². The van der Waals surface area contributed by atoms with Crippen molar-refractivity contribution in [3.05, 3.63) is 41.5 Å². The van der Waals surface area contributed by atoms with Gasteiger partial charge >= 0.3 is 0 Å². The molecule has 0 amide bonds. The Morgan fingerprint density at radius 1 is 1.21 bits per heavy atom. The Kier molecular flexibility index (Phi) is 11.2. The number of alkyl halides is 2. The minimum atomic E-state index is -2.29. The molecule has 1 aromatic carbocycles. The number of halogens is 3. The molecule has 0 saturated carbocycles. The highest BCUT2D eigenvalue weighted by Gasteiger charge is 2.22. The molecule has 2 N–H and O–H groups in total. The smallest absolute Gasteiger partial charge is 0.251 e. The second-order valence-corrected chi connectivity index (χ2v) is 8.02. The van der Waals surface area contributed by atoms with Crippen LogP contribution in [0, 0.1) is 6.92 Å². The summed E-state index contributed by atoms with van der Waals surface area (Å²) >= 11 is 0. The molecule has 0 unspecified atom stereocenters. The zero-order valence-corrected chi connectivity index (χ0v) is 21.8. The number of aryl methyl sites for hydroxylation is 1. The maximum atomic E-state index is 12.6. The van der Waals surface area contributed by atoms with Crippen molar-refractivity contribution in [2.24, 2.45) is 12.0 Å². The standard InChI is InChI=1S/C22H33F2N7O.HI/c1-16-28-29-21(30(16)2)14-26-22(25-11-8-17-4-6-19(32-3)7-5-17)27-18-9-12-31(13-10-18)15-20(23)24;/h4-7,18,20H,8-15H2,1-3H3,(H2,25,26,27);1H. The minimum Gasteiger partial charge on any atom is -0.497 e. The average molecular weight is 577 g/mol. The summed E-state index contributed by atoms with van der Waals surface area (Å²) in [6.07, 6.45) is 0.149. The fraction of sp³-hybridized carbons (Fsp3) is 0.591. The zero-order chi connectivity index (χ0) is 22.9. The number of nitrogens with zero attached hydrogens (tertiary/aromatic N) is 5. The van der Waals surface area contributed by atoms with E-state index in [1.165, 1.54) is 5.56 Å². The van der Waals surface area contributed by atoms with Gasteiger partial charge in [0.25, 0.3) is 6.43 Å². The number of rotatable bonds is 9. The van der Waals surface area contributed by atoms with Crippen LogP contribution in [0.1, 0.15) is 30.1 Å². The molecule has 0 bridgehead atoms. The second kappa shape index (κ2) is 13.6. The lowest BCUT2D eigenvalue weighted by Crippen LogP contribution is -2.49. The van der Waals surface area contributed by atoms with Crippen molar-refractivity contribution in [1.29, 1.82) is 0 Å². The number of benzene rings is 1. The number of aromatic nitrogens is 3. The number of piperidine rings is 1. The van der Waals surface area contributed by atoms with Gasteiger partial charge < -0.3 is 19.9 Å². The van der Waals surface area contributed by atoms with Gasteiger partial charge in [0.15, 0.2) is 11.8 Å². The average Bonchev–Trinajstić information content (AvgIpc) is 3.11. The highest BCUT2D eigenvalue weighted by Crippen LogP contribution is 2.13. The molecule has 3 rings (SSSR count). The summed E-state index contributed by atoms with van der Waals surface area (Å²) in [7, 11) is 3.57. The molecule has 8 nitrogen and oxygen atoms in total. The Balaban J connectivity index is 0.00000385. The number of hydrogen-bond acceptors (Lipinski definition) is 5. The molecule has 33 heavy (non-hydrogen) atoms. The van der Waals surface area contributed by atoms with Crippen LogP contribution in [0.25, 0.3) is 0 Å². The Hall–Kier alpha value is -2.02. The van der Waals surface area contributed by atoms with E-state index in [4.69, 9.17) is 9.73 Å². The first-order valence-electron chi connectivity index (χ1n) is 11.0. The molecule has 0 spiro atoms. The lowest BCUT2D eigenvalue weighted by atomic mass is 10.1. The molecule has 11 heteroatoms. The van der Waals surface area contributed by atoms with Crippen molar-refractivity contribution in [1.82, 2.24) is 30.3 Å². The first-order valence-corrected chi connectivity index (χ1v) is 11.0. The Bertz CT molecular complexity index is 868. The molecule has 1 aliphatic rings. The summed E-state index contributed by atoms with van der Waals surface area (Å²) in [6.45, 7) is 4.17. The van der Waals surface area contributed by atoms with Crippen LogP contribution in [0.4, 0.5) is 8.78 Å². The Morgan fingerprint density at radius 2 is 1.91 bits per heavy atom. The lowest BCUT2D eigenvalue weighted by Gasteiger charge is -2.32. The molecule has 2 heterocycles. The van der Waals surface area contributed by atoms with E-state index in [-0.39, 0.29) is 36.6 Å². The summed E-state index contributed by atoms with van der Waals surface area (Å²) in [5.41, 5.74) is 1.20. The van der Waals surface area contributed by atoms with Gasteiger partial charge in [-0.2, -0.15) is 0 Å². The van der Waals surface area contributed by atoms with Crippen LogP contribution in [-0.4, -0.2) is 71.4 Å². The Labute approximate surface area is 211 Å². The van der Waals surface area contributed by atoms with Crippen LogP contribution in [0.15, 0.2) is 29.3 Å². The largest absolute Gasteiger partial charge is 0.497 e. The lowest BCUT2D eigenvalue weighted by molar-refractivity contribution is 0.0744. The van der Waals surface area contributed by atoms with Gasteiger partial charge in [-0.25, -0.2) is 13.8 Å². The maximum absolute atomic E-state index is 12.6. The fourth-order valence-corrected chi connectivity index (χ4v) is 3.66. The number of ether oxygens (including phenoxy) is 1. The molecule has 1 fully saturated rings. The summed E-state index contributed by atoms with van der Waals surface area (Å²) in [4.78, 5) is 6.52. The van der Waals surface area contributed by atoms with E-state index in [9.17, 15) is 8.78 Å². The summed E-state index contributed by atoms with van der Waals surface area (Å²) in [5, 5.41) is 15.1. The molecule has 184 valence electrons. The van der Waals surface area contributed by atoms with Crippen molar-refractivity contribution >= 4 is 29.9 Å². The number of guanidine groups is 1. The molecule has 0 radical (unpaired) electrons. The topological polar surface area (TPSA) is 79.6 Å². The van der Waals surface area contributed by atoms with E-state index in [0.717, 1.165) is 36.7 Å². The maximum Gasteiger partial charge on any atom is 0.251 e. The Morgan fingerprint density at radius 3 is 2.48 bits per heavy atom. The summed E-state index contributed by atoms with van der Waals surface area (Å²) < 4.78 is 32.4. The van der Waals surface area contributed by atoms with Crippen molar-refractivity contribution < 1.29 is 13.5 Å². The summed E-state index contributed by atoms with van der Waals surface area (Å²) in [6, 6.07) is 8.19. The third kappa shape index (κ3) is 8.69. The molecule has 0 atom stereocenters. The molecular weight excluding hydrogens is 543 g/mol. The van der Waals surface area contributed by atoms with Crippen LogP contribution in [0.3, 0.4) is 0 Å². The zero-order valence-electron chi connectivity index (χ0n) is 19.4. The third-order valence-electron chi connectivity index (χ3n) is 5.75. The number of methoxy groups -OCH3 is 1.